The molecule has 0 saturated carbocycles. The SMILES string of the molecule is O=C(O)CN(CCc1ccccc1)C(=O)c1ccnc2ccncc12. The number of hydrogen-bond donors (Lipinski definition) is 1. The Balaban J connectivity index is 1.86. The number of carboxylic acids is 1. The molecule has 3 aromatic rings. The summed E-state index contributed by atoms with van der Waals surface area (Å²) >= 11 is 0. The molecule has 25 heavy (non-hydrogen) atoms. The molecule has 2 aromatic heterocycles. The van der Waals surface area contributed by atoms with Crippen LogP contribution < -0.4 is 0 Å². The number of carboxylic acid groups (broad SMARTS) is 1. The van der Waals surface area contributed by atoms with Gasteiger partial charge in [-0.1, -0.05) is 30.3 Å². The molecule has 0 aliphatic rings. The lowest BCUT2D eigenvalue weighted by Gasteiger charge is -2.21. The van der Waals surface area contributed by atoms with Crippen LogP contribution in [0, 0.1) is 0 Å². The Labute approximate surface area is 144 Å². The Morgan fingerprint density at radius 3 is 2.60 bits per heavy atom. The van der Waals surface area contributed by atoms with Crippen molar-refractivity contribution < 1.29 is 14.7 Å². The molecule has 6 heteroatoms. The number of carbonyl (C=O) groups is 2. The van der Waals surface area contributed by atoms with E-state index in [2.05, 4.69) is 9.97 Å². The summed E-state index contributed by atoms with van der Waals surface area (Å²) in [7, 11) is 0. The van der Waals surface area contributed by atoms with Crippen molar-refractivity contribution in [3.05, 3.63) is 72.2 Å². The van der Waals surface area contributed by atoms with Crippen LogP contribution in [0.25, 0.3) is 10.9 Å². The Morgan fingerprint density at radius 1 is 1.04 bits per heavy atom. The van der Waals surface area contributed by atoms with E-state index in [1.807, 2.05) is 30.3 Å². The first-order valence-corrected chi connectivity index (χ1v) is 7.89. The fourth-order valence-electron chi connectivity index (χ4n) is 2.67. The third-order valence-corrected chi connectivity index (χ3v) is 3.90. The van der Waals surface area contributed by atoms with Gasteiger partial charge in [0.05, 0.1) is 11.1 Å². The molecule has 1 aromatic carbocycles. The highest BCUT2D eigenvalue weighted by atomic mass is 16.4. The van der Waals surface area contributed by atoms with Crippen molar-refractivity contribution in [3.63, 3.8) is 0 Å². The summed E-state index contributed by atoms with van der Waals surface area (Å²) in [5.74, 6) is -1.38. The fourth-order valence-corrected chi connectivity index (χ4v) is 2.67. The van der Waals surface area contributed by atoms with Gasteiger partial charge in [0.15, 0.2) is 0 Å². The summed E-state index contributed by atoms with van der Waals surface area (Å²) in [4.78, 5) is 33.7. The number of rotatable bonds is 6. The third-order valence-electron chi connectivity index (χ3n) is 3.90. The number of carbonyl (C=O) groups excluding carboxylic acids is 1. The number of pyridine rings is 2. The van der Waals surface area contributed by atoms with Crippen LogP contribution >= 0.6 is 0 Å². The smallest absolute Gasteiger partial charge is 0.323 e. The third kappa shape index (κ3) is 3.98. The second kappa shape index (κ2) is 7.53. The molecule has 126 valence electrons. The summed E-state index contributed by atoms with van der Waals surface area (Å²) in [6.07, 6.45) is 5.31. The van der Waals surface area contributed by atoms with Crippen LogP contribution in [0.4, 0.5) is 0 Å². The first-order valence-electron chi connectivity index (χ1n) is 7.89. The summed E-state index contributed by atoms with van der Waals surface area (Å²) < 4.78 is 0. The Bertz CT molecular complexity index is 891. The van der Waals surface area contributed by atoms with Gasteiger partial charge in [0.2, 0.25) is 0 Å². The molecule has 0 unspecified atom stereocenters. The highest BCUT2D eigenvalue weighted by Crippen LogP contribution is 2.17. The Morgan fingerprint density at radius 2 is 1.84 bits per heavy atom. The van der Waals surface area contributed by atoms with E-state index in [4.69, 9.17) is 0 Å². The second-order valence-electron chi connectivity index (χ2n) is 5.61. The lowest BCUT2D eigenvalue weighted by molar-refractivity contribution is -0.137. The first kappa shape index (κ1) is 16.6. The minimum absolute atomic E-state index is 0.319. The zero-order valence-corrected chi connectivity index (χ0v) is 13.5. The maximum absolute atomic E-state index is 12.9. The molecule has 0 fully saturated rings. The lowest BCUT2D eigenvalue weighted by Crippen LogP contribution is -2.37. The van der Waals surface area contributed by atoms with E-state index < -0.39 is 5.97 Å². The van der Waals surface area contributed by atoms with Gasteiger partial charge in [-0.15, -0.1) is 0 Å². The zero-order valence-electron chi connectivity index (χ0n) is 13.5. The number of benzene rings is 1. The maximum atomic E-state index is 12.9. The van der Waals surface area contributed by atoms with Crippen molar-refractivity contribution in [2.45, 2.75) is 6.42 Å². The van der Waals surface area contributed by atoms with Crippen LogP contribution in [-0.2, 0) is 11.2 Å². The summed E-state index contributed by atoms with van der Waals surface area (Å²) in [6, 6.07) is 13.0. The van der Waals surface area contributed by atoms with Crippen molar-refractivity contribution in [3.8, 4) is 0 Å². The van der Waals surface area contributed by atoms with E-state index in [0.717, 1.165) is 5.56 Å². The number of aliphatic carboxylic acids is 1. The highest BCUT2D eigenvalue weighted by molar-refractivity contribution is 6.06. The van der Waals surface area contributed by atoms with Gasteiger partial charge in [-0.25, -0.2) is 0 Å². The van der Waals surface area contributed by atoms with Gasteiger partial charge in [0.25, 0.3) is 5.91 Å². The van der Waals surface area contributed by atoms with E-state index in [1.165, 1.54) is 4.90 Å². The van der Waals surface area contributed by atoms with Crippen LogP contribution in [0.2, 0.25) is 0 Å². The van der Waals surface area contributed by atoms with E-state index >= 15 is 0 Å². The minimum atomic E-state index is -1.04. The van der Waals surface area contributed by atoms with Gasteiger partial charge < -0.3 is 10.0 Å². The van der Waals surface area contributed by atoms with Crippen LogP contribution in [0.15, 0.2) is 61.1 Å². The van der Waals surface area contributed by atoms with Gasteiger partial charge >= 0.3 is 5.97 Å². The average molecular weight is 335 g/mol. The Hall–Kier alpha value is -3.28. The summed E-state index contributed by atoms with van der Waals surface area (Å²) in [6.45, 7) is -0.0328. The quantitative estimate of drug-likeness (QED) is 0.748. The van der Waals surface area contributed by atoms with Gasteiger partial charge in [-0.2, -0.15) is 0 Å². The molecule has 6 nitrogen and oxygen atoms in total. The monoisotopic (exact) mass is 335 g/mol. The number of fused-ring (bicyclic) bond motifs is 1. The summed E-state index contributed by atoms with van der Waals surface area (Å²) in [5.41, 5.74) is 2.11. The number of amides is 1. The molecular weight excluding hydrogens is 318 g/mol. The molecular formula is C19H17N3O3. The second-order valence-corrected chi connectivity index (χ2v) is 5.61. The zero-order chi connectivity index (χ0) is 17.6. The molecule has 1 N–H and O–H groups in total. The average Bonchev–Trinajstić information content (AvgIpc) is 2.64. The molecule has 0 bridgehead atoms. The van der Waals surface area contributed by atoms with Crippen LogP contribution in [0.1, 0.15) is 15.9 Å². The van der Waals surface area contributed by atoms with Crippen LogP contribution in [0.5, 0.6) is 0 Å². The normalized spacial score (nSPS) is 10.6. The number of hydrogen-bond acceptors (Lipinski definition) is 4. The van der Waals surface area contributed by atoms with Gasteiger partial charge in [-0.05, 0) is 24.1 Å². The highest BCUT2D eigenvalue weighted by Gasteiger charge is 2.20. The molecule has 0 spiro atoms. The largest absolute Gasteiger partial charge is 0.480 e. The Kier molecular flexibility index (Phi) is 4.99. The fraction of sp³-hybridized carbons (Fsp3) is 0.158. The van der Waals surface area contributed by atoms with Gasteiger partial charge in [0, 0.05) is 30.5 Å². The minimum Gasteiger partial charge on any atom is -0.480 e. The molecule has 0 aliphatic heterocycles. The molecule has 0 radical (unpaired) electrons. The van der Waals surface area contributed by atoms with E-state index in [-0.39, 0.29) is 12.5 Å². The van der Waals surface area contributed by atoms with Crippen LogP contribution in [0.3, 0.4) is 0 Å². The molecule has 2 heterocycles. The van der Waals surface area contributed by atoms with Crippen molar-refractivity contribution >= 4 is 22.8 Å². The van der Waals surface area contributed by atoms with Crippen molar-refractivity contribution in [1.82, 2.24) is 14.9 Å². The first-order chi connectivity index (χ1) is 12.1. The predicted molar refractivity (Wildman–Crippen MR) is 93.2 cm³/mol. The molecule has 0 aliphatic carbocycles. The predicted octanol–water partition coefficient (Wildman–Crippen LogP) is 2.40. The van der Waals surface area contributed by atoms with Crippen molar-refractivity contribution in [2.24, 2.45) is 0 Å². The van der Waals surface area contributed by atoms with E-state index in [1.54, 1.807) is 30.7 Å². The van der Waals surface area contributed by atoms with Crippen molar-refractivity contribution in [1.29, 1.82) is 0 Å². The maximum Gasteiger partial charge on any atom is 0.323 e. The van der Waals surface area contributed by atoms with E-state index in [9.17, 15) is 14.7 Å². The van der Waals surface area contributed by atoms with Crippen molar-refractivity contribution in [2.75, 3.05) is 13.1 Å². The lowest BCUT2D eigenvalue weighted by atomic mass is 10.1. The summed E-state index contributed by atoms with van der Waals surface area (Å²) in [5, 5.41) is 9.79. The molecule has 0 saturated heterocycles. The standard InChI is InChI=1S/C19H17N3O3/c23-18(24)13-22(11-8-14-4-2-1-3-5-14)19(25)15-6-10-21-17-7-9-20-12-16(15)17/h1-7,9-10,12H,8,11,13H2,(H,23,24). The topological polar surface area (TPSA) is 83.4 Å². The molecule has 0 atom stereocenters. The van der Waals surface area contributed by atoms with Crippen LogP contribution in [-0.4, -0.2) is 44.9 Å². The molecule has 3 rings (SSSR count). The van der Waals surface area contributed by atoms with E-state index in [0.29, 0.717) is 29.4 Å². The number of nitrogens with zero attached hydrogens (tertiary/aromatic N) is 3. The molecule has 1 amide bonds. The van der Waals surface area contributed by atoms with Gasteiger partial charge in [-0.3, -0.25) is 19.6 Å². The number of aromatic nitrogens is 2. The van der Waals surface area contributed by atoms with Gasteiger partial charge in [0.1, 0.15) is 6.54 Å².